The van der Waals surface area contributed by atoms with Crippen molar-refractivity contribution >= 4 is 29.9 Å². The second-order valence-corrected chi connectivity index (χ2v) is 6.33. The molecule has 1 fully saturated rings. The first-order valence-electron chi connectivity index (χ1n) is 6.74. The quantitative estimate of drug-likeness (QED) is 0.905. The molecule has 0 saturated carbocycles. The lowest BCUT2D eigenvalue weighted by atomic mass is 9.79. The van der Waals surface area contributed by atoms with Gasteiger partial charge in [0.15, 0.2) is 0 Å². The molecule has 1 aromatic carbocycles. The Morgan fingerprint density at radius 3 is 2.71 bits per heavy atom. The summed E-state index contributed by atoms with van der Waals surface area (Å²) >= 11 is 6.17. The number of halogens is 2. The molecule has 1 atom stereocenters. The third kappa shape index (κ3) is 3.62. The van der Waals surface area contributed by atoms with Crippen molar-refractivity contribution in [1.82, 2.24) is 4.90 Å². The van der Waals surface area contributed by atoms with Gasteiger partial charge in [-0.3, -0.25) is 4.79 Å². The van der Waals surface area contributed by atoms with Crippen molar-refractivity contribution in [1.29, 1.82) is 0 Å². The molecule has 1 aromatic rings. The third-order valence-electron chi connectivity index (χ3n) is 4.01. The summed E-state index contributed by atoms with van der Waals surface area (Å²) < 4.78 is 5.25. The third-order valence-corrected chi connectivity index (χ3v) is 4.32. The van der Waals surface area contributed by atoms with Crippen LogP contribution in [-0.2, 0) is 0 Å². The standard InChI is InChI=1S/C15H21ClN2O2.ClH/c1-15(2)9-18(8-7-12(15)17)14(19)13-10(16)5-4-6-11(13)20-3;/h4-6,12H,7-9,17H2,1-3H3;1H. The highest BCUT2D eigenvalue weighted by Crippen LogP contribution is 2.32. The molecule has 0 aromatic heterocycles. The van der Waals surface area contributed by atoms with E-state index < -0.39 is 0 Å². The van der Waals surface area contributed by atoms with E-state index in [9.17, 15) is 4.79 Å². The minimum atomic E-state index is -0.0948. The van der Waals surface area contributed by atoms with Gasteiger partial charge in [-0.25, -0.2) is 0 Å². The molecule has 2 rings (SSSR count). The van der Waals surface area contributed by atoms with Crippen LogP contribution < -0.4 is 10.5 Å². The Hall–Kier alpha value is -0.970. The van der Waals surface area contributed by atoms with E-state index in [2.05, 4.69) is 13.8 Å². The second kappa shape index (κ2) is 6.86. The highest BCUT2D eigenvalue weighted by molar-refractivity contribution is 6.34. The Kier molecular flexibility index (Phi) is 5.91. The molecule has 1 amide bonds. The highest BCUT2D eigenvalue weighted by Gasteiger charge is 2.36. The predicted octanol–water partition coefficient (Wildman–Crippen LogP) is 2.97. The number of likely N-dealkylation sites (tertiary alicyclic amines) is 1. The lowest BCUT2D eigenvalue weighted by Crippen LogP contribution is -2.54. The number of piperidine rings is 1. The molecule has 1 heterocycles. The number of ether oxygens (including phenoxy) is 1. The summed E-state index contributed by atoms with van der Waals surface area (Å²) in [6, 6.07) is 5.34. The van der Waals surface area contributed by atoms with Crippen LogP contribution in [-0.4, -0.2) is 37.0 Å². The maximum atomic E-state index is 12.7. The first-order chi connectivity index (χ1) is 9.36. The number of methoxy groups -OCH3 is 1. The van der Waals surface area contributed by atoms with E-state index in [0.717, 1.165) is 6.42 Å². The van der Waals surface area contributed by atoms with E-state index in [1.807, 2.05) is 4.90 Å². The summed E-state index contributed by atoms with van der Waals surface area (Å²) in [5.74, 6) is 0.419. The number of nitrogens with two attached hydrogens (primary N) is 1. The normalized spacial score (nSPS) is 20.6. The van der Waals surface area contributed by atoms with Gasteiger partial charge >= 0.3 is 0 Å². The average molecular weight is 333 g/mol. The largest absolute Gasteiger partial charge is 0.496 e. The van der Waals surface area contributed by atoms with Crippen LogP contribution in [0.4, 0.5) is 0 Å². The monoisotopic (exact) mass is 332 g/mol. The van der Waals surface area contributed by atoms with Crippen LogP contribution in [0.5, 0.6) is 5.75 Å². The van der Waals surface area contributed by atoms with Crippen molar-refractivity contribution in [2.24, 2.45) is 11.1 Å². The van der Waals surface area contributed by atoms with Gasteiger partial charge in [0, 0.05) is 19.1 Å². The Morgan fingerprint density at radius 1 is 1.48 bits per heavy atom. The molecular weight excluding hydrogens is 311 g/mol. The maximum absolute atomic E-state index is 12.7. The molecule has 1 aliphatic heterocycles. The fraction of sp³-hybridized carbons (Fsp3) is 0.533. The Bertz CT molecular complexity index is 520. The minimum Gasteiger partial charge on any atom is -0.496 e. The predicted molar refractivity (Wildman–Crippen MR) is 87.5 cm³/mol. The number of carbonyl (C=O) groups is 1. The molecule has 1 saturated heterocycles. The first-order valence-corrected chi connectivity index (χ1v) is 7.12. The molecular formula is C15H22Cl2N2O2. The minimum absolute atomic E-state index is 0. The number of benzene rings is 1. The summed E-state index contributed by atoms with van der Waals surface area (Å²) in [4.78, 5) is 14.5. The van der Waals surface area contributed by atoms with E-state index in [4.69, 9.17) is 22.1 Å². The molecule has 0 radical (unpaired) electrons. The summed E-state index contributed by atoms with van der Waals surface area (Å²) in [6.45, 7) is 5.45. The lowest BCUT2D eigenvalue weighted by Gasteiger charge is -2.42. The number of hydrogen-bond acceptors (Lipinski definition) is 3. The molecule has 0 aliphatic carbocycles. The fourth-order valence-electron chi connectivity index (χ4n) is 2.59. The van der Waals surface area contributed by atoms with E-state index >= 15 is 0 Å². The first kappa shape index (κ1) is 18.1. The zero-order valence-corrected chi connectivity index (χ0v) is 14.1. The molecule has 1 unspecified atom stereocenters. The van der Waals surface area contributed by atoms with Crippen molar-refractivity contribution in [2.75, 3.05) is 20.2 Å². The van der Waals surface area contributed by atoms with Crippen LogP contribution in [0.15, 0.2) is 18.2 Å². The van der Waals surface area contributed by atoms with Gasteiger partial charge in [0.05, 0.1) is 12.1 Å². The molecule has 6 heteroatoms. The van der Waals surface area contributed by atoms with Crippen LogP contribution in [0.1, 0.15) is 30.6 Å². The number of rotatable bonds is 2. The Balaban J connectivity index is 0.00000220. The van der Waals surface area contributed by atoms with Crippen molar-refractivity contribution in [2.45, 2.75) is 26.3 Å². The Labute approximate surface area is 137 Å². The zero-order valence-electron chi connectivity index (χ0n) is 12.6. The number of nitrogens with zero attached hydrogens (tertiary/aromatic N) is 1. The van der Waals surface area contributed by atoms with Crippen molar-refractivity contribution in [3.8, 4) is 5.75 Å². The smallest absolute Gasteiger partial charge is 0.259 e. The summed E-state index contributed by atoms with van der Waals surface area (Å²) in [5, 5.41) is 0.419. The van der Waals surface area contributed by atoms with Crippen LogP contribution >= 0.6 is 24.0 Å². The molecule has 1 aliphatic rings. The van der Waals surface area contributed by atoms with Gasteiger partial charge in [0.2, 0.25) is 0 Å². The summed E-state index contributed by atoms with van der Waals surface area (Å²) in [5.41, 5.74) is 6.45. The number of carbonyl (C=O) groups excluding carboxylic acids is 1. The van der Waals surface area contributed by atoms with Crippen LogP contribution in [0.3, 0.4) is 0 Å². The fourth-order valence-corrected chi connectivity index (χ4v) is 2.83. The van der Waals surface area contributed by atoms with Gasteiger partial charge in [-0.15, -0.1) is 12.4 Å². The zero-order chi connectivity index (χ0) is 14.9. The Morgan fingerprint density at radius 2 is 2.14 bits per heavy atom. The molecule has 2 N–H and O–H groups in total. The van der Waals surface area contributed by atoms with Gasteiger partial charge in [-0.2, -0.15) is 0 Å². The number of hydrogen-bond donors (Lipinski definition) is 1. The SMILES string of the molecule is COc1cccc(Cl)c1C(=O)N1CCC(N)C(C)(C)C1.Cl. The van der Waals surface area contributed by atoms with Crippen LogP contribution in [0, 0.1) is 5.41 Å². The van der Waals surface area contributed by atoms with E-state index in [-0.39, 0.29) is 29.8 Å². The van der Waals surface area contributed by atoms with E-state index in [1.165, 1.54) is 0 Å². The molecule has 0 spiro atoms. The summed E-state index contributed by atoms with van der Waals surface area (Å²) in [7, 11) is 1.54. The van der Waals surface area contributed by atoms with E-state index in [0.29, 0.717) is 29.4 Å². The number of amides is 1. The maximum Gasteiger partial charge on any atom is 0.259 e. The van der Waals surface area contributed by atoms with Crippen LogP contribution in [0.2, 0.25) is 5.02 Å². The van der Waals surface area contributed by atoms with Gasteiger partial charge in [-0.1, -0.05) is 31.5 Å². The van der Waals surface area contributed by atoms with E-state index in [1.54, 1.807) is 25.3 Å². The lowest BCUT2D eigenvalue weighted by molar-refractivity contribution is 0.0530. The molecule has 21 heavy (non-hydrogen) atoms. The molecule has 0 bridgehead atoms. The van der Waals surface area contributed by atoms with Gasteiger partial charge in [0.1, 0.15) is 11.3 Å². The average Bonchev–Trinajstić information content (AvgIpc) is 2.40. The topological polar surface area (TPSA) is 55.6 Å². The van der Waals surface area contributed by atoms with Gasteiger partial charge in [0.25, 0.3) is 5.91 Å². The molecule has 118 valence electrons. The molecule has 4 nitrogen and oxygen atoms in total. The van der Waals surface area contributed by atoms with Crippen LogP contribution in [0.25, 0.3) is 0 Å². The highest BCUT2D eigenvalue weighted by atomic mass is 35.5. The summed E-state index contributed by atoms with van der Waals surface area (Å²) in [6.07, 6.45) is 0.797. The van der Waals surface area contributed by atoms with Gasteiger partial charge < -0.3 is 15.4 Å². The second-order valence-electron chi connectivity index (χ2n) is 5.93. The van der Waals surface area contributed by atoms with Crippen molar-refractivity contribution < 1.29 is 9.53 Å². The van der Waals surface area contributed by atoms with Gasteiger partial charge in [-0.05, 0) is 24.0 Å². The van der Waals surface area contributed by atoms with Crippen molar-refractivity contribution in [3.63, 3.8) is 0 Å². The van der Waals surface area contributed by atoms with Crippen molar-refractivity contribution in [3.05, 3.63) is 28.8 Å².